The van der Waals surface area contributed by atoms with Crippen molar-refractivity contribution in [2.75, 3.05) is 6.54 Å². The number of ether oxygens (including phenoxy) is 1. The fraction of sp³-hybridized carbons (Fsp3) is 0.281. The molecule has 1 saturated carbocycles. The van der Waals surface area contributed by atoms with Gasteiger partial charge in [-0.1, -0.05) is 41.9 Å². The number of hydrogen-bond donors (Lipinski definition) is 0. The first kappa shape index (κ1) is 27.5. The van der Waals surface area contributed by atoms with Gasteiger partial charge in [-0.15, -0.1) is 0 Å². The van der Waals surface area contributed by atoms with Crippen LogP contribution in [0.15, 0.2) is 76.0 Å². The number of benzene rings is 3. The van der Waals surface area contributed by atoms with E-state index < -0.39 is 0 Å². The molecular weight excluding hydrogens is 606 g/mol. The first-order valence-corrected chi connectivity index (χ1v) is 14.9. The molecule has 1 aromatic heterocycles. The molecule has 0 atom stereocenters. The number of carbonyl (C=O) groups is 2. The van der Waals surface area contributed by atoms with Gasteiger partial charge in [0.1, 0.15) is 11.4 Å². The zero-order valence-corrected chi connectivity index (χ0v) is 25.0. The van der Waals surface area contributed by atoms with Crippen molar-refractivity contribution in [2.45, 2.75) is 51.8 Å². The lowest BCUT2D eigenvalue weighted by molar-refractivity contribution is 0.0706. The van der Waals surface area contributed by atoms with Gasteiger partial charge < -0.3 is 9.64 Å². The van der Waals surface area contributed by atoms with Crippen LogP contribution in [-0.2, 0) is 19.5 Å². The van der Waals surface area contributed by atoms with Crippen LogP contribution in [0.5, 0.6) is 5.75 Å². The molecule has 0 radical (unpaired) electrons. The van der Waals surface area contributed by atoms with Crippen LogP contribution in [0, 0.1) is 6.92 Å². The van der Waals surface area contributed by atoms with Gasteiger partial charge in [0.2, 0.25) is 0 Å². The highest BCUT2D eigenvalue weighted by Gasteiger charge is 2.32. The van der Waals surface area contributed by atoms with Gasteiger partial charge in [-0.05, 0) is 89.6 Å². The number of nitrogens with zero attached hydrogens (tertiary/aromatic N) is 3. The van der Waals surface area contributed by atoms with Gasteiger partial charge >= 0.3 is 5.69 Å². The topological polar surface area (TPSA) is 73.5 Å². The Morgan fingerprint density at radius 3 is 2.44 bits per heavy atom. The van der Waals surface area contributed by atoms with Crippen LogP contribution in [0.25, 0.3) is 5.69 Å². The van der Waals surface area contributed by atoms with Crippen molar-refractivity contribution in [2.24, 2.45) is 0 Å². The van der Waals surface area contributed by atoms with Crippen molar-refractivity contribution in [1.29, 1.82) is 0 Å². The molecule has 4 aromatic rings. The van der Waals surface area contributed by atoms with E-state index in [1.807, 2.05) is 61.5 Å². The predicted molar refractivity (Wildman–Crippen MR) is 161 cm³/mol. The summed E-state index contributed by atoms with van der Waals surface area (Å²) in [6.45, 7) is 2.59. The van der Waals surface area contributed by atoms with Crippen LogP contribution in [0.4, 0.5) is 0 Å². The molecule has 0 bridgehead atoms. The Labute approximate surface area is 251 Å². The Morgan fingerprint density at radius 1 is 1.00 bits per heavy atom. The molecule has 1 aliphatic heterocycles. The molecule has 2 aliphatic rings. The van der Waals surface area contributed by atoms with E-state index in [2.05, 4.69) is 15.9 Å². The summed E-state index contributed by atoms with van der Waals surface area (Å²) in [6, 6.07) is 20.6. The molecule has 210 valence electrons. The van der Waals surface area contributed by atoms with Crippen molar-refractivity contribution in [3.8, 4) is 11.4 Å². The highest BCUT2D eigenvalue weighted by atomic mass is 79.9. The van der Waals surface area contributed by atoms with E-state index in [-0.39, 0.29) is 43.0 Å². The summed E-state index contributed by atoms with van der Waals surface area (Å²) in [4.78, 5) is 43.0. The van der Waals surface area contributed by atoms with Gasteiger partial charge in [0, 0.05) is 29.5 Å². The maximum atomic E-state index is 13.9. The average Bonchev–Trinajstić information content (AvgIpc) is 3.76. The van der Waals surface area contributed by atoms with Gasteiger partial charge in [0.05, 0.1) is 29.1 Å². The minimum atomic E-state index is -0.283. The van der Waals surface area contributed by atoms with Crippen molar-refractivity contribution in [3.63, 3.8) is 0 Å². The second-order valence-electron chi connectivity index (χ2n) is 10.5. The normalized spacial score (nSPS) is 14.6. The molecule has 0 spiro atoms. The van der Waals surface area contributed by atoms with Crippen LogP contribution < -0.4 is 10.4 Å². The zero-order chi connectivity index (χ0) is 28.7. The lowest BCUT2D eigenvalue weighted by atomic mass is 10.0. The summed E-state index contributed by atoms with van der Waals surface area (Å²) >= 11 is 9.83. The third kappa shape index (κ3) is 5.51. The maximum absolute atomic E-state index is 13.9. The standard InChI is InChI=1S/C32H29BrClN3O4/c1-20-25(14-15-26(33)29(20)34)31(39)35-17-18-36-27(19-35)30(28(38)16-7-21-5-3-2-4-6-21)37(32(36)40)22-8-10-23(11-9-22)41-24-12-13-24/h2-6,8-11,14-15,24H,7,12-13,16-19H2,1H3. The van der Waals surface area contributed by atoms with Crippen molar-refractivity contribution >= 4 is 39.2 Å². The molecule has 2 heterocycles. The molecular formula is C32H29BrClN3O4. The fourth-order valence-corrected chi connectivity index (χ4v) is 5.88. The second-order valence-corrected chi connectivity index (χ2v) is 11.8. The zero-order valence-electron chi connectivity index (χ0n) is 22.6. The van der Waals surface area contributed by atoms with E-state index >= 15 is 0 Å². The Bertz CT molecular complexity index is 1690. The number of Topliss-reactive ketones (excluding diaryl/α,β-unsaturated/α-hetero) is 1. The van der Waals surface area contributed by atoms with Crippen LogP contribution >= 0.6 is 27.5 Å². The first-order chi connectivity index (χ1) is 19.8. The van der Waals surface area contributed by atoms with Crippen LogP contribution in [0.3, 0.4) is 0 Å². The summed E-state index contributed by atoms with van der Waals surface area (Å²) in [5.41, 5.74) is 3.40. The van der Waals surface area contributed by atoms with Crippen LogP contribution in [-0.4, -0.2) is 38.4 Å². The predicted octanol–water partition coefficient (Wildman–Crippen LogP) is 6.38. The number of amides is 1. The molecule has 1 aliphatic carbocycles. The van der Waals surface area contributed by atoms with E-state index in [1.165, 1.54) is 4.57 Å². The van der Waals surface area contributed by atoms with E-state index in [9.17, 15) is 14.4 Å². The van der Waals surface area contributed by atoms with E-state index in [0.29, 0.717) is 46.2 Å². The monoisotopic (exact) mass is 633 g/mol. The smallest absolute Gasteiger partial charge is 0.333 e. The highest BCUT2D eigenvalue weighted by molar-refractivity contribution is 9.10. The van der Waals surface area contributed by atoms with Crippen LogP contribution in [0.1, 0.15) is 56.9 Å². The number of rotatable bonds is 8. The molecule has 6 rings (SSSR count). The number of aromatic nitrogens is 2. The number of imidazole rings is 1. The van der Waals surface area contributed by atoms with Gasteiger partial charge in [0.15, 0.2) is 5.78 Å². The third-order valence-electron chi connectivity index (χ3n) is 7.71. The quantitative estimate of drug-likeness (QED) is 0.211. The van der Waals surface area contributed by atoms with Crippen molar-refractivity contribution in [1.82, 2.24) is 14.0 Å². The number of hydrogen-bond acceptors (Lipinski definition) is 4. The second kappa shape index (κ2) is 11.3. The lowest BCUT2D eigenvalue weighted by Crippen LogP contribution is -2.41. The summed E-state index contributed by atoms with van der Waals surface area (Å²) in [7, 11) is 0. The van der Waals surface area contributed by atoms with Gasteiger partial charge in [-0.25, -0.2) is 4.79 Å². The molecule has 9 heteroatoms. The number of ketones is 1. The molecule has 1 amide bonds. The number of halogens is 2. The maximum Gasteiger partial charge on any atom is 0.333 e. The Balaban J connectivity index is 1.37. The fourth-order valence-electron chi connectivity index (χ4n) is 5.29. The molecule has 0 saturated heterocycles. The lowest BCUT2D eigenvalue weighted by Gasteiger charge is -2.29. The molecule has 3 aromatic carbocycles. The summed E-state index contributed by atoms with van der Waals surface area (Å²) in [5.74, 6) is 0.410. The largest absolute Gasteiger partial charge is 0.490 e. The molecule has 0 unspecified atom stereocenters. The minimum Gasteiger partial charge on any atom is -0.490 e. The minimum absolute atomic E-state index is 0.142. The Hall–Kier alpha value is -3.62. The number of fused-ring (bicyclic) bond motifs is 1. The SMILES string of the molecule is Cc1c(C(=O)N2CCn3c(c(C(=O)CCc4ccccc4)n(-c4ccc(OC5CC5)cc4)c3=O)C2)ccc(Br)c1Cl. The summed E-state index contributed by atoms with van der Waals surface area (Å²) in [6.07, 6.45) is 3.14. The van der Waals surface area contributed by atoms with Gasteiger partial charge in [-0.3, -0.25) is 18.7 Å². The van der Waals surface area contributed by atoms with Gasteiger partial charge in [-0.2, -0.15) is 0 Å². The van der Waals surface area contributed by atoms with Gasteiger partial charge in [0.25, 0.3) is 5.91 Å². The Morgan fingerprint density at radius 2 is 1.73 bits per heavy atom. The average molecular weight is 635 g/mol. The van der Waals surface area contributed by atoms with E-state index in [1.54, 1.807) is 21.6 Å². The summed E-state index contributed by atoms with van der Waals surface area (Å²) in [5, 5.41) is 0.488. The molecule has 0 N–H and O–H groups in total. The number of aryl methyl sites for hydroxylation is 1. The highest BCUT2D eigenvalue weighted by Crippen LogP contribution is 2.31. The van der Waals surface area contributed by atoms with E-state index in [4.69, 9.17) is 16.3 Å². The van der Waals surface area contributed by atoms with Crippen molar-refractivity contribution in [3.05, 3.63) is 115 Å². The van der Waals surface area contributed by atoms with Crippen LogP contribution in [0.2, 0.25) is 5.02 Å². The molecule has 7 nitrogen and oxygen atoms in total. The third-order valence-corrected chi connectivity index (χ3v) is 9.08. The summed E-state index contributed by atoms with van der Waals surface area (Å²) < 4.78 is 9.74. The first-order valence-electron chi connectivity index (χ1n) is 13.7. The Kier molecular flexibility index (Phi) is 7.62. The molecule has 41 heavy (non-hydrogen) atoms. The van der Waals surface area contributed by atoms with Crippen molar-refractivity contribution < 1.29 is 14.3 Å². The number of carbonyl (C=O) groups excluding carboxylic acids is 2. The molecule has 1 fully saturated rings. The van der Waals surface area contributed by atoms with E-state index in [0.717, 1.165) is 28.6 Å².